The molecule has 0 aliphatic rings. The van der Waals surface area contributed by atoms with E-state index in [0.717, 1.165) is 38.5 Å². The van der Waals surface area contributed by atoms with Crippen LogP contribution in [0.5, 0.6) is 0 Å². The number of quaternary nitrogens is 1. The first-order valence-corrected chi connectivity index (χ1v) is 26.5. The van der Waals surface area contributed by atoms with E-state index in [9.17, 15) is 19.4 Å². The van der Waals surface area contributed by atoms with Crippen LogP contribution in [0.3, 0.4) is 0 Å². The molecule has 1 amide bonds. The standard InChI is InChI=1S/C49H99N2O6P/c1-6-8-10-12-14-16-18-20-21-22-23-24-25-26-27-28-29-30-31-33-35-37-39-41-43-49(53)50-47(46-57-58(54,55)56-45-44-51(3,4)5)48(52)42-40-38-36-34-32-19-17-15-13-11-9-7-2/h26-27,47-48,52H,6-25,28-46H2,1-5H3,(H-,50,53,54,55)/p+1/b27-26-. The van der Waals surface area contributed by atoms with Gasteiger partial charge in [0.05, 0.1) is 39.9 Å². The van der Waals surface area contributed by atoms with Gasteiger partial charge in [0, 0.05) is 6.42 Å². The lowest BCUT2D eigenvalue weighted by atomic mass is 10.0. The SMILES string of the molecule is CCCCCCCCCCCCCC/C=C\CCCCCCCCCCC(=O)NC(COP(=O)(O)OCC[N+](C)(C)C)C(O)CCCCCCCCCCCCCC. The molecule has 0 saturated heterocycles. The molecule has 9 heteroatoms. The van der Waals surface area contributed by atoms with Gasteiger partial charge in [-0.2, -0.15) is 0 Å². The zero-order chi connectivity index (χ0) is 42.8. The summed E-state index contributed by atoms with van der Waals surface area (Å²) < 4.78 is 23.7. The minimum Gasteiger partial charge on any atom is -0.391 e. The molecule has 0 aromatic rings. The smallest absolute Gasteiger partial charge is 0.391 e. The minimum absolute atomic E-state index is 0.0760. The molecular formula is C49H100N2O6P+. The van der Waals surface area contributed by atoms with E-state index in [1.54, 1.807) is 0 Å². The van der Waals surface area contributed by atoms with Crippen LogP contribution in [0, 0.1) is 0 Å². The summed E-state index contributed by atoms with van der Waals surface area (Å²) in [5, 5.41) is 14.0. The number of aliphatic hydroxyl groups is 1. The van der Waals surface area contributed by atoms with Gasteiger partial charge in [-0.1, -0.05) is 212 Å². The molecule has 3 atom stereocenters. The summed E-state index contributed by atoms with van der Waals surface area (Å²) in [6.45, 7) is 4.90. The first-order chi connectivity index (χ1) is 28.0. The van der Waals surface area contributed by atoms with Gasteiger partial charge in [0.15, 0.2) is 0 Å². The zero-order valence-electron chi connectivity index (χ0n) is 39.3. The lowest BCUT2D eigenvalue weighted by molar-refractivity contribution is -0.870. The molecule has 0 aliphatic heterocycles. The van der Waals surface area contributed by atoms with Gasteiger partial charge < -0.3 is 19.8 Å². The Labute approximate surface area is 361 Å². The van der Waals surface area contributed by atoms with Crippen LogP contribution in [0.15, 0.2) is 12.2 Å². The number of carbonyl (C=O) groups is 1. The van der Waals surface area contributed by atoms with E-state index < -0.39 is 20.0 Å². The molecule has 8 nitrogen and oxygen atoms in total. The van der Waals surface area contributed by atoms with E-state index in [-0.39, 0.29) is 19.1 Å². The lowest BCUT2D eigenvalue weighted by Gasteiger charge is -2.26. The summed E-state index contributed by atoms with van der Waals surface area (Å²) >= 11 is 0. The normalized spacial score (nSPS) is 14.3. The van der Waals surface area contributed by atoms with Crippen LogP contribution in [-0.2, 0) is 18.4 Å². The fraction of sp³-hybridized carbons (Fsp3) is 0.939. The molecule has 3 unspecified atom stereocenters. The molecule has 0 fully saturated rings. The van der Waals surface area contributed by atoms with E-state index in [0.29, 0.717) is 23.9 Å². The highest BCUT2D eigenvalue weighted by Crippen LogP contribution is 2.43. The molecule has 0 aromatic carbocycles. The number of nitrogens with zero attached hydrogens (tertiary/aromatic N) is 1. The number of hydrogen-bond donors (Lipinski definition) is 3. The summed E-state index contributed by atoms with van der Waals surface area (Å²) in [6.07, 6.45) is 48.2. The van der Waals surface area contributed by atoms with Crippen LogP contribution in [0.25, 0.3) is 0 Å². The Morgan fingerprint density at radius 3 is 1.33 bits per heavy atom. The maximum atomic E-state index is 12.9. The molecule has 0 radical (unpaired) electrons. The van der Waals surface area contributed by atoms with Gasteiger partial charge in [0.25, 0.3) is 0 Å². The van der Waals surface area contributed by atoms with Crippen molar-refractivity contribution in [3.8, 4) is 0 Å². The maximum absolute atomic E-state index is 12.9. The Kier molecular flexibility index (Phi) is 41.0. The van der Waals surface area contributed by atoms with Gasteiger partial charge in [0.2, 0.25) is 5.91 Å². The predicted octanol–water partition coefficient (Wildman–Crippen LogP) is 14.3. The number of unbranched alkanes of at least 4 members (excludes halogenated alkanes) is 31. The molecule has 0 rings (SSSR count). The fourth-order valence-corrected chi connectivity index (χ4v) is 8.25. The van der Waals surface area contributed by atoms with E-state index in [4.69, 9.17) is 9.05 Å². The quantitative estimate of drug-likeness (QED) is 0.0244. The van der Waals surface area contributed by atoms with Crippen molar-refractivity contribution < 1.29 is 32.9 Å². The molecule has 0 spiro atoms. The number of allylic oxidation sites excluding steroid dienone is 2. The van der Waals surface area contributed by atoms with Gasteiger partial charge in [-0.05, 0) is 38.5 Å². The average Bonchev–Trinajstić information content (AvgIpc) is 3.17. The lowest BCUT2D eigenvalue weighted by Crippen LogP contribution is -2.46. The van der Waals surface area contributed by atoms with Crippen LogP contribution < -0.4 is 5.32 Å². The third kappa shape index (κ3) is 43.3. The van der Waals surface area contributed by atoms with Crippen molar-refractivity contribution in [3.63, 3.8) is 0 Å². The summed E-state index contributed by atoms with van der Waals surface area (Å²) in [5.41, 5.74) is 0. The Balaban J connectivity index is 4.16. The topological polar surface area (TPSA) is 105 Å². The molecular weight excluding hydrogens is 744 g/mol. The Morgan fingerprint density at radius 2 is 0.931 bits per heavy atom. The maximum Gasteiger partial charge on any atom is 0.472 e. The third-order valence-electron chi connectivity index (χ3n) is 11.5. The van der Waals surface area contributed by atoms with E-state index in [1.807, 2.05) is 21.1 Å². The number of amides is 1. The van der Waals surface area contributed by atoms with Crippen molar-refractivity contribution in [2.75, 3.05) is 40.9 Å². The number of likely N-dealkylation sites (N-methyl/N-ethyl adjacent to an activating group) is 1. The van der Waals surface area contributed by atoms with E-state index >= 15 is 0 Å². The molecule has 3 N–H and O–H groups in total. The number of hydrogen-bond acceptors (Lipinski definition) is 5. The summed E-state index contributed by atoms with van der Waals surface area (Å²) in [7, 11) is 1.62. The number of phosphoric acid groups is 1. The highest BCUT2D eigenvalue weighted by atomic mass is 31.2. The van der Waals surface area contributed by atoms with Crippen molar-refractivity contribution in [2.45, 2.75) is 257 Å². The second-order valence-electron chi connectivity index (χ2n) is 18.5. The zero-order valence-corrected chi connectivity index (χ0v) is 40.2. The number of nitrogens with one attached hydrogen (secondary N) is 1. The van der Waals surface area contributed by atoms with Crippen LogP contribution in [0.4, 0.5) is 0 Å². The predicted molar refractivity (Wildman–Crippen MR) is 249 cm³/mol. The molecule has 58 heavy (non-hydrogen) atoms. The summed E-state index contributed by atoms with van der Waals surface area (Å²) in [5.74, 6) is -0.145. The summed E-state index contributed by atoms with van der Waals surface area (Å²) in [6, 6.07) is -0.758. The Morgan fingerprint density at radius 1 is 0.569 bits per heavy atom. The molecule has 0 saturated carbocycles. The van der Waals surface area contributed by atoms with Crippen molar-refractivity contribution in [1.29, 1.82) is 0 Å². The van der Waals surface area contributed by atoms with Crippen LogP contribution in [0.1, 0.15) is 245 Å². The van der Waals surface area contributed by atoms with Gasteiger partial charge in [-0.25, -0.2) is 4.57 Å². The molecule has 0 aliphatic carbocycles. The highest BCUT2D eigenvalue weighted by molar-refractivity contribution is 7.47. The summed E-state index contributed by atoms with van der Waals surface area (Å²) in [4.78, 5) is 23.2. The average molecular weight is 844 g/mol. The third-order valence-corrected chi connectivity index (χ3v) is 12.5. The molecule has 0 aromatic heterocycles. The van der Waals surface area contributed by atoms with Crippen molar-refractivity contribution in [1.82, 2.24) is 5.32 Å². The van der Waals surface area contributed by atoms with Crippen LogP contribution in [-0.4, -0.2) is 73.4 Å². The second-order valence-corrected chi connectivity index (χ2v) is 20.0. The number of rotatable bonds is 46. The van der Waals surface area contributed by atoms with Crippen LogP contribution >= 0.6 is 7.82 Å². The van der Waals surface area contributed by atoms with Crippen molar-refractivity contribution in [3.05, 3.63) is 12.2 Å². The number of carbonyl (C=O) groups excluding carboxylic acids is 1. The first kappa shape index (κ1) is 57.2. The fourth-order valence-electron chi connectivity index (χ4n) is 7.51. The minimum atomic E-state index is -4.31. The van der Waals surface area contributed by atoms with E-state index in [2.05, 4.69) is 31.3 Å². The largest absolute Gasteiger partial charge is 0.472 e. The van der Waals surface area contributed by atoms with Crippen molar-refractivity contribution >= 4 is 13.7 Å². The monoisotopic (exact) mass is 844 g/mol. The number of phosphoric ester groups is 1. The molecule has 0 heterocycles. The van der Waals surface area contributed by atoms with Gasteiger partial charge in [-0.3, -0.25) is 13.8 Å². The van der Waals surface area contributed by atoms with Gasteiger partial charge >= 0.3 is 7.82 Å². The molecule has 0 bridgehead atoms. The second kappa shape index (κ2) is 41.6. The number of aliphatic hydroxyl groups excluding tert-OH is 1. The van der Waals surface area contributed by atoms with E-state index in [1.165, 1.54) is 180 Å². The first-order valence-electron chi connectivity index (χ1n) is 25.1. The molecule has 346 valence electrons. The Hall–Kier alpha value is -0.760. The Bertz CT molecular complexity index is 958. The van der Waals surface area contributed by atoms with Gasteiger partial charge in [-0.15, -0.1) is 0 Å². The van der Waals surface area contributed by atoms with Crippen LogP contribution in [0.2, 0.25) is 0 Å². The van der Waals surface area contributed by atoms with Crippen molar-refractivity contribution in [2.24, 2.45) is 0 Å². The highest BCUT2D eigenvalue weighted by Gasteiger charge is 2.28. The van der Waals surface area contributed by atoms with Gasteiger partial charge in [0.1, 0.15) is 13.2 Å².